The maximum absolute atomic E-state index is 13.2. The van der Waals surface area contributed by atoms with E-state index in [-0.39, 0.29) is 23.8 Å². The molecule has 158 valence electrons. The number of nitrogens with one attached hydrogen (secondary N) is 1. The van der Waals surface area contributed by atoms with Crippen molar-refractivity contribution in [3.63, 3.8) is 0 Å². The number of carbonyl (C=O) groups excluding carboxylic acids is 1. The van der Waals surface area contributed by atoms with Gasteiger partial charge in [-0.05, 0) is 19.1 Å². The monoisotopic (exact) mass is 423 g/mol. The average molecular weight is 423 g/mol. The molecule has 10 nitrogen and oxygen atoms in total. The van der Waals surface area contributed by atoms with Crippen LogP contribution in [-0.4, -0.2) is 72.3 Å². The number of hydrogen-bond donors (Lipinski definition) is 1. The van der Waals surface area contributed by atoms with E-state index in [2.05, 4.69) is 15.4 Å². The number of hydrogen-bond acceptors (Lipinski definition) is 7. The first-order valence-corrected chi connectivity index (χ1v) is 10.8. The van der Waals surface area contributed by atoms with E-state index in [4.69, 9.17) is 9.47 Å². The summed E-state index contributed by atoms with van der Waals surface area (Å²) in [5, 5.41) is 6.77. The summed E-state index contributed by atoms with van der Waals surface area (Å²) in [4.78, 5) is 16.8. The molecule has 3 heterocycles. The number of carbonyl (C=O) groups is 1. The van der Waals surface area contributed by atoms with Crippen molar-refractivity contribution in [3.05, 3.63) is 36.9 Å². The molecule has 0 saturated carbocycles. The summed E-state index contributed by atoms with van der Waals surface area (Å²) in [6.07, 6.45) is 5.69. The molecule has 2 atom stereocenters. The van der Waals surface area contributed by atoms with Gasteiger partial charge in [-0.25, -0.2) is 8.42 Å². The number of pyridine rings is 1. The van der Waals surface area contributed by atoms with Crippen LogP contribution in [0.1, 0.15) is 13.3 Å². The summed E-state index contributed by atoms with van der Waals surface area (Å²) < 4.78 is 39.9. The Morgan fingerprint density at radius 3 is 2.86 bits per heavy atom. The first kappa shape index (κ1) is 21.2. The number of amides is 1. The van der Waals surface area contributed by atoms with Crippen LogP contribution >= 0.6 is 0 Å². The largest absolute Gasteiger partial charge is 0.487 e. The van der Waals surface area contributed by atoms with Crippen molar-refractivity contribution in [3.8, 4) is 5.75 Å². The van der Waals surface area contributed by atoms with Gasteiger partial charge >= 0.3 is 0 Å². The zero-order chi connectivity index (χ0) is 20.9. The number of aryl methyl sites for hydroxylation is 1. The van der Waals surface area contributed by atoms with Crippen molar-refractivity contribution in [1.29, 1.82) is 0 Å². The maximum Gasteiger partial charge on any atom is 0.247 e. The Bertz CT molecular complexity index is 918. The predicted molar refractivity (Wildman–Crippen MR) is 104 cm³/mol. The lowest BCUT2D eigenvalue weighted by Gasteiger charge is -2.22. The molecule has 3 rings (SSSR count). The Balaban J connectivity index is 1.82. The van der Waals surface area contributed by atoms with Gasteiger partial charge in [0.15, 0.2) is 0 Å². The van der Waals surface area contributed by atoms with E-state index in [0.717, 1.165) is 0 Å². The van der Waals surface area contributed by atoms with Gasteiger partial charge < -0.3 is 14.8 Å². The first-order valence-electron chi connectivity index (χ1n) is 9.33. The fourth-order valence-corrected chi connectivity index (χ4v) is 4.73. The number of ether oxygens (including phenoxy) is 2. The molecule has 0 aromatic carbocycles. The lowest BCUT2D eigenvalue weighted by atomic mass is 10.2. The molecule has 0 aliphatic carbocycles. The molecule has 29 heavy (non-hydrogen) atoms. The highest BCUT2D eigenvalue weighted by Crippen LogP contribution is 2.29. The van der Waals surface area contributed by atoms with Gasteiger partial charge in [0.2, 0.25) is 15.9 Å². The number of nitrogens with zero attached hydrogens (tertiary/aromatic N) is 4. The maximum atomic E-state index is 13.2. The first-order chi connectivity index (χ1) is 14.0. The van der Waals surface area contributed by atoms with Crippen LogP contribution in [-0.2, 0) is 26.1 Å². The average Bonchev–Trinajstić information content (AvgIpc) is 3.37. The van der Waals surface area contributed by atoms with Crippen molar-refractivity contribution in [2.24, 2.45) is 0 Å². The van der Waals surface area contributed by atoms with E-state index in [0.29, 0.717) is 25.4 Å². The Hall–Kier alpha value is -2.50. The predicted octanol–water partition coefficient (Wildman–Crippen LogP) is 0.271. The number of sulfonamides is 1. The molecule has 2 aromatic heterocycles. The Morgan fingerprint density at radius 2 is 2.21 bits per heavy atom. The highest BCUT2D eigenvalue weighted by atomic mass is 32.2. The number of aromatic nitrogens is 3. The summed E-state index contributed by atoms with van der Waals surface area (Å²) in [6.45, 7) is 3.09. The topological polar surface area (TPSA) is 116 Å². The zero-order valence-electron chi connectivity index (χ0n) is 16.4. The van der Waals surface area contributed by atoms with Gasteiger partial charge in [-0.2, -0.15) is 9.40 Å². The van der Waals surface area contributed by atoms with E-state index >= 15 is 0 Å². The standard InChI is InChI=1S/C18H25N5O5S/c1-3-22-13-16(11-21-22)29(25,26)23-12-15(28-14-5-4-6-19-10-14)9-17(23)18(24)20-7-8-27-2/h4-6,10-11,13,15,17H,3,7-9,12H2,1-2H3,(H,20,24)/t15-,17-/m0/s1. The molecule has 1 fully saturated rings. The molecule has 1 amide bonds. The van der Waals surface area contributed by atoms with E-state index in [1.165, 1.54) is 28.5 Å². The van der Waals surface area contributed by atoms with E-state index in [1.54, 1.807) is 24.5 Å². The van der Waals surface area contributed by atoms with Crippen LogP contribution in [0, 0.1) is 0 Å². The van der Waals surface area contributed by atoms with Gasteiger partial charge in [-0.1, -0.05) is 0 Å². The van der Waals surface area contributed by atoms with Crippen LogP contribution in [0.25, 0.3) is 0 Å². The summed E-state index contributed by atoms with van der Waals surface area (Å²) >= 11 is 0. The summed E-state index contributed by atoms with van der Waals surface area (Å²) in [5.74, 6) is 0.139. The molecule has 0 bridgehead atoms. The van der Waals surface area contributed by atoms with Crippen molar-refractivity contribution >= 4 is 15.9 Å². The second-order valence-electron chi connectivity index (χ2n) is 6.57. The molecule has 2 aromatic rings. The molecule has 0 spiro atoms. The van der Waals surface area contributed by atoms with Crippen LogP contribution < -0.4 is 10.1 Å². The minimum atomic E-state index is -3.92. The van der Waals surface area contributed by atoms with Gasteiger partial charge in [-0.3, -0.25) is 14.5 Å². The third kappa shape index (κ3) is 4.92. The number of rotatable bonds is 9. The zero-order valence-corrected chi connectivity index (χ0v) is 17.2. The van der Waals surface area contributed by atoms with Crippen LogP contribution in [0.4, 0.5) is 0 Å². The fourth-order valence-electron chi connectivity index (χ4n) is 3.15. The van der Waals surface area contributed by atoms with Gasteiger partial charge in [0.05, 0.1) is 25.5 Å². The molecule has 0 unspecified atom stereocenters. The second kappa shape index (κ2) is 9.33. The SMILES string of the molecule is CCn1cc(S(=O)(=O)N2C[C@@H](Oc3cccnc3)C[C@H]2C(=O)NCCOC)cn1. The highest BCUT2D eigenvalue weighted by Gasteiger charge is 2.45. The van der Waals surface area contributed by atoms with Gasteiger partial charge in [0.25, 0.3) is 0 Å². The van der Waals surface area contributed by atoms with Crippen LogP contribution in [0.15, 0.2) is 41.8 Å². The quantitative estimate of drug-likeness (QED) is 0.576. The lowest BCUT2D eigenvalue weighted by molar-refractivity contribution is -0.124. The molecular formula is C18H25N5O5S. The number of methoxy groups -OCH3 is 1. The molecule has 1 saturated heterocycles. The van der Waals surface area contributed by atoms with Crippen LogP contribution in [0.2, 0.25) is 0 Å². The summed E-state index contributed by atoms with van der Waals surface area (Å²) in [6, 6.07) is 2.58. The third-order valence-electron chi connectivity index (χ3n) is 4.60. The molecule has 0 radical (unpaired) electrons. The molecule has 1 N–H and O–H groups in total. The molecule has 1 aliphatic rings. The van der Waals surface area contributed by atoms with Crippen LogP contribution in [0.3, 0.4) is 0 Å². The van der Waals surface area contributed by atoms with Crippen molar-refractivity contribution in [2.45, 2.75) is 36.9 Å². The van der Waals surface area contributed by atoms with Crippen molar-refractivity contribution in [1.82, 2.24) is 24.4 Å². The third-order valence-corrected chi connectivity index (χ3v) is 6.43. The van der Waals surface area contributed by atoms with E-state index < -0.39 is 22.2 Å². The fraction of sp³-hybridized carbons (Fsp3) is 0.500. The van der Waals surface area contributed by atoms with Gasteiger partial charge in [0.1, 0.15) is 22.8 Å². The van der Waals surface area contributed by atoms with Gasteiger partial charge in [0, 0.05) is 39.0 Å². The lowest BCUT2D eigenvalue weighted by Crippen LogP contribution is -2.46. The Morgan fingerprint density at radius 1 is 1.38 bits per heavy atom. The highest BCUT2D eigenvalue weighted by molar-refractivity contribution is 7.89. The molecule has 1 aliphatic heterocycles. The normalized spacial score (nSPS) is 19.9. The minimum Gasteiger partial charge on any atom is -0.487 e. The molecular weight excluding hydrogens is 398 g/mol. The Labute approximate surface area is 169 Å². The van der Waals surface area contributed by atoms with Gasteiger partial charge in [-0.15, -0.1) is 0 Å². The second-order valence-corrected chi connectivity index (χ2v) is 8.46. The smallest absolute Gasteiger partial charge is 0.247 e. The molecule has 11 heteroatoms. The van der Waals surface area contributed by atoms with Crippen molar-refractivity contribution < 1.29 is 22.7 Å². The van der Waals surface area contributed by atoms with E-state index in [9.17, 15) is 13.2 Å². The van der Waals surface area contributed by atoms with Crippen LogP contribution in [0.5, 0.6) is 5.75 Å². The van der Waals surface area contributed by atoms with Crippen molar-refractivity contribution in [2.75, 3.05) is 26.8 Å². The summed E-state index contributed by atoms with van der Waals surface area (Å²) in [5.41, 5.74) is 0. The summed E-state index contributed by atoms with van der Waals surface area (Å²) in [7, 11) is -2.39. The minimum absolute atomic E-state index is 0.0519. The Kier molecular flexibility index (Phi) is 6.83. The van der Waals surface area contributed by atoms with E-state index in [1.807, 2.05) is 6.92 Å².